The summed E-state index contributed by atoms with van der Waals surface area (Å²) in [5.41, 5.74) is 1.53. The Morgan fingerprint density at radius 2 is 1.61 bits per heavy atom. The molecule has 0 aromatic heterocycles. The number of fused-ring (bicyclic) bond motifs is 1. The van der Waals surface area contributed by atoms with Gasteiger partial charge in [0.25, 0.3) is 11.6 Å². The topological polar surface area (TPSA) is 165 Å². The van der Waals surface area contributed by atoms with Crippen LogP contribution in [0.1, 0.15) is 50.0 Å². The number of hydrogen-bond donors (Lipinski definition) is 1. The van der Waals surface area contributed by atoms with Crippen molar-refractivity contribution in [2.24, 2.45) is 0 Å². The molecule has 3 aliphatic rings. The Morgan fingerprint density at radius 3 is 2.18 bits per heavy atom. The van der Waals surface area contributed by atoms with Crippen LogP contribution in [0.15, 0.2) is 108 Å². The number of non-ortho nitro benzene ring substituents is 1. The summed E-state index contributed by atoms with van der Waals surface area (Å²) in [6.45, 7) is 5.56. The van der Waals surface area contributed by atoms with E-state index in [-0.39, 0.29) is 35.2 Å². The van der Waals surface area contributed by atoms with Crippen LogP contribution in [-0.4, -0.2) is 72.1 Å². The summed E-state index contributed by atoms with van der Waals surface area (Å²) >= 11 is 0. The number of hydrogen-bond acceptors (Lipinski definition) is 9. The number of nitro benzene ring substituents is 1. The monoisotopic (exact) mass is 712 g/mol. The second-order valence-corrected chi connectivity index (χ2v) is 14.8. The van der Waals surface area contributed by atoms with E-state index < -0.39 is 56.8 Å². The van der Waals surface area contributed by atoms with Crippen LogP contribution in [0.25, 0.3) is 0 Å². The first-order valence-electron chi connectivity index (χ1n) is 16.3. The number of esters is 1. The van der Waals surface area contributed by atoms with Gasteiger partial charge in [0.1, 0.15) is 22.7 Å². The highest BCUT2D eigenvalue weighted by Crippen LogP contribution is 2.38. The van der Waals surface area contributed by atoms with Gasteiger partial charge in [-0.05, 0) is 55.5 Å². The molecule has 3 atom stereocenters. The maximum absolute atomic E-state index is 14.3. The van der Waals surface area contributed by atoms with Crippen LogP contribution >= 0.6 is 0 Å². The van der Waals surface area contributed by atoms with Crippen molar-refractivity contribution in [3.8, 4) is 0 Å². The summed E-state index contributed by atoms with van der Waals surface area (Å²) in [5.74, 6) is -2.05. The minimum absolute atomic E-state index is 0.0621. The number of alkyl carbamates (subject to hydrolysis) is 1. The average molecular weight is 713 g/mol. The number of carbonyl (C=O) groups is 4. The van der Waals surface area contributed by atoms with Gasteiger partial charge in [0.15, 0.2) is 6.10 Å². The highest BCUT2D eigenvalue weighted by Gasteiger charge is 2.58. The van der Waals surface area contributed by atoms with Crippen LogP contribution in [0.2, 0.25) is 0 Å². The molecule has 1 N–H and O–H groups in total. The van der Waals surface area contributed by atoms with Crippen LogP contribution in [0.5, 0.6) is 0 Å². The lowest BCUT2D eigenvalue weighted by Gasteiger charge is -2.49. The maximum Gasteiger partial charge on any atom is 0.408 e. The third-order valence-electron chi connectivity index (χ3n) is 8.53. The number of amides is 3. The number of carbonyl (C=O) groups excluding carboxylic acids is 4. The van der Waals surface area contributed by atoms with Crippen molar-refractivity contribution in [1.29, 1.82) is 0 Å². The molecule has 3 heterocycles. The van der Waals surface area contributed by atoms with E-state index in [0.29, 0.717) is 35.2 Å². The Labute approximate surface area is 296 Å². The third-order valence-corrected chi connectivity index (χ3v) is 10.1. The zero-order chi connectivity index (χ0) is 36.4. The lowest BCUT2D eigenvalue weighted by molar-refractivity contribution is -0.384. The van der Waals surface area contributed by atoms with Gasteiger partial charge >= 0.3 is 12.1 Å². The van der Waals surface area contributed by atoms with E-state index in [1.807, 2.05) is 60.7 Å². The summed E-state index contributed by atoms with van der Waals surface area (Å²) in [5, 5.41) is 12.5. The van der Waals surface area contributed by atoms with E-state index in [0.717, 1.165) is 4.90 Å². The van der Waals surface area contributed by atoms with Crippen LogP contribution < -0.4 is 5.32 Å². The van der Waals surface area contributed by atoms with Crippen molar-refractivity contribution in [2.45, 2.75) is 56.9 Å². The smallest absolute Gasteiger partial charge is 0.408 e. The van der Waals surface area contributed by atoms with Gasteiger partial charge in [-0.1, -0.05) is 72.8 Å². The van der Waals surface area contributed by atoms with Crippen LogP contribution in [0.3, 0.4) is 0 Å². The Morgan fingerprint density at radius 1 is 1.00 bits per heavy atom. The lowest BCUT2D eigenvalue weighted by Crippen LogP contribution is -2.73. The molecule has 3 aliphatic heterocycles. The number of allylic oxidation sites excluding steroid dienone is 1. The number of benzene rings is 3. The molecule has 0 aliphatic carbocycles. The molecule has 2 fully saturated rings. The molecule has 51 heavy (non-hydrogen) atoms. The second-order valence-electron chi connectivity index (χ2n) is 13.3. The molecular weight excluding hydrogens is 676 g/mol. The first-order chi connectivity index (χ1) is 24.3. The Balaban J connectivity index is 1.33. The predicted octanol–water partition coefficient (Wildman–Crippen LogP) is 4.66. The molecular formula is C37H36N4O9S. The van der Waals surface area contributed by atoms with Crippen molar-refractivity contribution in [1.82, 2.24) is 15.1 Å². The summed E-state index contributed by atoms with van der Waals surface area (Å²) in [4.78, 5) is 67.4. The fourth-order valence-corrected chi connectivity index (χ4v) is 7.82. The van der Waals surface area contributed by atoms with Crippen molar-refractivity contribution in [3.63, 3.8) is 0 Å². The first-order valence-corrected chi connectivity index (χ1v) is 17.7. The number of nitrogens with one attached hydrogen (secondary N) is 1. The lowest BCUT2D eigenvalue weighted by atomic mass is 10.00. The van der Waals surface area contributed by atoms with Gasteiger partial charge in [0.05, 0.1) is 21.5 Å². The van der Waals surface area contributed by atoms with E-state index in [1.54, 1.807) is 37.8 Å². The van der Waals surface area contributed by atoms with Crippen molar-refractivity contribution >= 4 is 40.4 Å². The molecule has 13 nitrogen and oxygen atoms in total. The van der Waals surface area contributed by atoms with Crippen molar-refractivity contribution < 1.29 is 37.8 Å². The zero-order valence-corrected chi connectivity index (χ0v) is 29.0. The van der Waals surface area contributed by atoms with E-state index in [4.69, 9.17) is 9.47 Å². The molecule has 264 valence electrons. The number of β-lactam (4-membered cyclic amide) rings is 1. The van der Waals surface area contributed by atoms with E-state index in [9.17, 15) is 33.5 Å². The Hall–Kier alpha value is -5.63. The molecule has 0 bridgehead atoms. The Kier molecular flexibility index (Phi) is 9.88. The van der Waals surface area contributed by atoms with Crippen LogP contribution in [-0.2, 0) is 41.2 Å². The van der Waals surface area contributed by atoms with Gasteiger partial charge in [-0.2, -0.15) is 0 Å². The molecule has 14 heteroatoms. The van der Waals surface area contributed by atoms with Gasteiger partial charge in [0, 0.05) is 30.8 Å². The summed E-state index contributed by atoms with van der Waals surface area (Å²) in [6, 6.07) is 22.9. The molecule has 3 aromatic rings. The van der Waals surface area contributed by atoms with Crippen LogP contribution in [0, 0.1) is 10.1 Å². The average Bonchev–Trinajstić information content (AvgIpc) is 3.43. The molecule has 6 rings (SSSR count). The molecule has 3 unspecified atom stereocenters. The SMILES string of the molecule is CC(C)(C)OC(=O)NC1C(=O)N2C(C(=O)OC(c3ccccc3)c3ccccc3)=C(/C=C3\CCN(Cc4ccc([N+](=O)[O-])cc4)C3=O)CS(=O)C12. The molecule has 3 amide bonds. The van der Waals surface area contributed by atoms with Gasteiger partial charge in [0.2, 0.25) is 5.91 Å². The first kappa shape index (κ1) is 35.2. The highest BCUT2D eigenvalue weighted by molar-refractivity contribution is 7.86. The van der Waals surface area contributed by atoms with Gasteiger partial charge in [-0.25, -0.2) is 9.59 Å². The number of nitrogens with zero attached hydrogens (tertiary/aromatic N) is 3. The standard InChI is InChI=1S/C37H36N4O9S/c1-37(2,3)50-36(45)38-29-33(43)40-30(35(44)49-31(24-10-6-4-7-11-24)25-12-8-5-9-13-25)27(22-51(48)34(29)40)20-26-18-19-39(32(26)42)21-23-14-16-28(17-15-23)41(46)47/h4-17,20,29,31,34H,18-19,21-22H2,1-3H3,(H,38,45)/b26-20+. The van der Waals surface area contributed by atoms with Gasteiger partial charge < -0.3 is 19.7 Å². The number of nitro groups is 1. The number of ether oxygens (including phenoxy) is 2. The van der Waals surface area contributed by atoms with Crippen molar-refractivity contribution in [3.05, 3.63) is 135 Å². The van der Waals surface area contributed by atoms with Crippen LogP contribution in [0.4, 0.5) is 10.5 Å². The summed E-state index contributed by atoms with van der Waals surface area (Å²) in [6.07, 6.45) is 0.0901. The van der Waals surface area contributed by atoms with E-state index in [2.05, 4.69) is 5.32 Å². The third kappa shape index (κ3) is 7.60. The maximum atomic E-state index is 14.3. The normalized spacial score (nSPS) is 21.0. The second kappa shape index (κ2) is 14.3. The van der Waals surface area contributed by atoms with E-state index in [1.165, 1.54) is 18.2 Å². The quantitative estimate of drug-likeness (QED) is 0.109. The molecule has 0 spiro atoms. The predicted molar refractivity (Wildman–Crippen MR) is 186 cm³/mol. The zero-order valence-electron chi connectivity index (χ0n) is 28.1. The fraction of sp³-hybridized carbons (Fsp3) is 0.297. The minimum atomic E-state index is -1.78. The summed E-state index contributed by atoms with van der Waals surface area (Å²) in [7, 11) is -1.78. The summed E-state index contributed by atoms with van der Waals surface area (Å²) < 4.78 is 25.2. The molecule has 2 saturated heterocycles. The van der Waals surface area contributed by atoms with Crippen molar-refractivity contribution in [2.75, 3.05) is 12.3 Å². The Bertz CT molecular complexity index is 1920. The molecule has 0 radical (unpaired) electrons. The number of rotatable bonds is 9. The van der Waals surface area contributed by atoms with Gasteiger partial charge in [-0.3, -0.25) is 28.8 Å². The highest BCUT2D eigenvalue weighted by atomic mass is 32.2. The minimum Gasteiger partial charge on any atom is -0.448 e. The largest absolute Gasteiger partial charge is 0.448 e. The molecule has 0 saturated carbocycles. The van der Waals surface area contributed by atoms with Gasteiger partial charge in [-0.15, -0.1) is 0 Å². The fourth-order valence-electron chi connectivity index (χ4n) is 6.19. The van der Waals surface area contributed by atoms with E-state index >= 15 is 0 Å². The molecule has 3 aromatic carbocycles. The number of likely N-dealkylation sites (tertiary alicyclic amines) is 1.